The maximum atomic E-state index is 12.1. The number of hydrogen-bond acceptors (Lipinski definition) is 6. The van der Waals surface area contributed by atoms with Crippen LogP contribution in [0.25, 0.3) is 0 Å². The first-order chi connectivity index (χ1) is 9.69. The normalized spacial score (nSPS) is 12.9. The largest absolute Gasteiger partial charge is 0.480 e. The highest BCUT2D eigenvalue weighted by atomic mass is 35.5. The number of carbonyl (C=O) groups is 2. The Bertz CT molecular complexity index is 622. The lowest BCUT2D eigenvalue weighted by Gasteiger charge is -2.14. The second-order valence-electron chi connectivity index (χ2n) is 4.05. The highest BCUT2D eigenvalue weighted by Gasteiger charge is 2.29. The predicted octanol–water partition coefficient (Wildman–Crippen LogP) is -0.242. The molecule has 0 aliphatic rings. The number of carboxylic acids is 1. The van der Waals surface area contributed by atoms with E-state index in [9.17, 15) is 18.0 Å². The molecule has 1 aromatic rings. The van der Waals surface area contributed by atoms with Gasteiger partial charge in [-0.3, -0.25) is 14.3 Å². The SMILES string of the molecule is COC(=O)CC[C@@H](NS(=O)(=O)c1c(Cl)cnn1C)C(=O)O. The van der Waals surface area contributed by atoms with Crippen LogP contribution in [0.2, 0.25) is 5.02 Å². The van der Waals surface area contributed by atoms with E-state index < -0.39 is 28.0 Å². The summed E-state index contributed by atoms with van der Waals surface area (Å²) in [5.41, 5.74) is 0. The Hall–Kier alpha value is -1.65. The lowest BCUT2D eigenvalue weighted by Crippen LogP contribution is -2.41. The van der Waals surface area contributed by atoms with Gasteiger partial charge in [0.05, 0.1) is 18.3 Å². The summed E-state index contributed by atoms with van der Waals surface area (Å²) in [6.07, 6.45) is 0.631. The fourth-order valence-electron chi connectivity index (χ4n) is 1.54. The number of carboxylic acid groups (broad SMARTS) is 1. The first-order valence-corrected chi connectivity index (χ1v) is 7.54. The van der Waals surface area contributed by atoms with Gasteiger partial charge in [-0.05, 0) is 6.42 Å². The summed E-state index contributed by atoms with van der Waals surface area (Å²) in [4.78, 5) is 22.1. The Morgan fingerprint density at radius 2 is 2.19 bits per heavy atom. The molecule has 2 N–H and O–H groups in total. The van der Waals surface area contributed by atoms with Gasteiger partial charge in [-0.1, -0.05) is 11.6 Å². The Labute approximate surface area is 125 Å². The van der Waals surface area contributed by atoms with E-state index in [1.165, 1.54) is 7.05 Å². The van der Waals surface area contributed by atoms with E-state index in [4.69, 9.17) is 16.7 Å². The fraction of sp³-hybridized carbons (Fsp3) is 0.500. The highest BCUT2D eigenvalue weighted by Crippen LogP contribution is 2.20. The molecule has 11 heteroatoms. The Balaban J connectivity index is 2.93. The molecular formula is C10H14ClN3O6S. The summed E-state index contributed by atoms with van der Waals surface area (Å²) in [5.74, 6) is -2.06. The van der Waals surface area contributed by atoms with Gasteiger partial charge >= 0.3 is 11.9 Å². The molecule has 1 heterocycles. The lowest BCUT2D eigenvalue weighted by atomic mass is 10.2. The number of carbonyl (C=O) groups excluding carboxylic acids is 1. The summed E-state index contributed by atoms with van der Waals surface area (Å²) < 4.78 is 31.6. The van der Waals surface area contributed by atoms with E-state index in [1.807, 2.05) is 4.72 Å². The third-order valence-corrected chi connectivity index (χ3v) is 4.53. The molecule has 0 amide bonds. The van der Waals surface area contributed by atoms with Crippen molar-refractivity contribution in [2.24, 2.45) is 7.05 Å². The molecule has 0 radical (unpaired) electrons. The maximum absolute atomic E-state index is 12.1. The van der Waals surface area contributed by atoms with Gasteiger partial charge < -0.3 is 9.84 Å². The van der Waals surface area contributed by atoms with Gasteiger partial charge in [-0.15, -0.1) is 0 Å². The maximum Gasteiger partial charge on any atom is 0.321 e. The van der Waals surface area contributed by atoms with Crippen molar-refractivity contribution in [1.82, 2.24) is 14.5 Å². The highest BCUT2D eigenvalue weighted by molar-refractivity contribution is 7.89. The second kappa shape index (κ2) is 6.87. The molecule has 0 spiro atoms. The Morgan fingerprint density at radius 3 is 2.62 bits per heavy atom. The summed E-state index contributed by atoms with van der Waals surface area (Å²) in [6.45, 7) is 0. The van der Waals surface area contributed by atoms with Crippen molar-refractivity contribution in [3.05, 3.63) is 11.2 Å². The van der Waals surface area contributed by atoms with Crippen LogP contribution >= 0.6 is 11.6 Å². The van der Waals surface area contributed by atoms with Crippen molar-refractivity contribution in [3.8, 4) is 0 Å². The Kier molecular flexibility index (Phi) is 5.70. The molecule has 1 rings (SSSR count). The van der Waals surface area contributed by atoms with Crippen LogP contribution in [0.15, 0.2) is 11.2 Å². The molecule has 0 fully saturated rings. The zero-order chi connectivity index (χ0) is 16.2. The van der Waals surface area contributed by atoms with Crippen LogP contribution in [0.5, 0.6) is 0 Å². The molecule has 0 bridgehead atoms. The van der Waals surface area contributed by atoms with Crippen LogP contribution < -0.4 is 4.72 Å². The zero-order valence-corrected chi connectivity index (χ0v) is 12.8. The fourth-order valence-corrected chi connectivity index (χ4v) is 3.42. The van der Waals surface area contributed by atoms with Gasteiger partial charge in [0.25, 0.3) is 10.0 Å². The smallest absolute Gasteiger partial charge is 0.321 e. The minimum Gasteiger partial charge on any atom is -0.480 e. The Morgan fingerprint density at radius 1 is 1.57 bits per heavy atom. The molecule has 0 saturated carbocycles. The number of sulfonamides is 1. The van der Waals surface area contributed by atoms with Crippen molar-refractivity contribution in [2.45, 2.75) is 23.9 Å². The lowest BCUT2D eigenvalue weighted by molar-refractivity contribution is -0.142. The molecule has 1 atom stereocenters. The van der Waals surface area contributed by atoms with Crippen LogP contribution in [-0.2, 0) is 31.4 Å². The third kappa shape index (κ3) is 4.41. The molecule has 21 heavy (non-hydrogen) atoms. The average molecular weight is 340 g/mol. The standard InChI is InChI=1S/C10H14ClN3O6S/c1-14-9(6(11)5-12-14)21(18,19)13-7(10(16)17)3-4-8(15)20-2/h5,7,13H,3-4H2,1-2H3,(H,16,17)/t7-/m1/s1. The van der Waals surface area contributed by atoms with Gasteiger partial charge in [-0.2, -0.15) is 9.82 Å². The van der Waals surface area contributed by atoms with Gasteiger partial charge in [0, 0.05) is 13.5 Å². The van der Waals surface area contributed by atoms with E-state index in [-0.39, 0.29) is 22.9 Å². The minimum absolute atomic E-state index is 0.137. The van der Waals surface area contributed by atoms with E-state index in [0.717, 1.165) is 18.0 Å². The van der Waals surface area contributed by atoms with Gasteiger partial charge in [0.2, 0.25) is 0 Å². The molecule has 0 saturated heterocycles. The van der Waals surface area contributed by atoms with Crippen LogP contribution in [-0.4, -0.2) is 48.4 Å². The van der Waals surface area contributed by atoms with Crippen molar-refractivity contribution in [3.63, 3.8) is 0 Å². The third-order valence-electron chi connectivity index (χ3n) is 2.56. The van der Waals surface area contributed by atoms with Gasteiger partial charge in [0.1, 0.15) is 6.04 Å². The van der Waals surface area contributed by atoms with Crippen LogP contribution in [0.1, 0.15) is 12.8 Å². The number of hydrogen-bond donors (Lipinski definition) is 2. The number of rotatable bonds is 7. The molecule has 0 unspecified atom stereocenters. The first kappa shape index (κ1) is 17.4. The average Bonchev–Trinajstić information content (AvgIpc) is 2.73. The number of nitrogens with zero attached hydrogens (tertiary/aromatic N) is 2. The number of halogens is 1. The van der Waals surface area contributed by atoms with Crippen molar-refractivity contribution >= 4 is 33.6 Å². The molecule has 9 nitrogen and oxygen atoms in total. The number of aromatic nitrogens is 2. The summed E-state index contributed by atoms with van der Waals surface area (Å²) in [7, 11) is -1.69. The molecule has 118 valence electrons. The van der Waals surface area contributed by atoms with Crippen LogP contribution in [0, 0.1) is 0 Å². The van der Waals surface area contributed by atoms with Crippen molar-refractivity contribution in [1.29, 1.82) is 0 Å². The van der Waals surface area contributed by atoms with Crippen LogP contribution in [0.3, 0.4) is 0 Å². The predicted molar refractivity (Wildman–Crippen MR) is 71.2 cm³/mol. The number of methoxy groups -OCH3 is 1. The van der Waals surface area contributed by atoms with Crippen molar-refractivity contribution < 1.29 is 27.9 Å². The molecule has 0 aliphatic heterocycles. The van der Waals surface area contributed by atoms with Crippen molar-refractivity contribution in [2.75, 3.05) is 7.11 Å². The van der Waals surface area contributed by atoms with E-state index in [1.54, 1.807) is 0 Å². The number of aryl methyl sites for hydroxylation is 1. The summed E-state index contributed by atoms with van der Waals surface area (Å²) >= 11 is 5.72. The second-order valence-corrected chi connectivity index (χ2v) is 6.08. The molecule has 0 aromatic carbocycles. The van der Waals surface area contributed by atoms with Gasteiger partial charge in [0.15, 0.2) is 5.03 Å². The van der Waals surface area contributed by atoms with E-state index in [0.29, 0.717) is 0 Å². The molecule has 1 aromatic heterocycles. The zero-order valence-electron chi connectivity index (χ0n) is 11.2. The minimum atomic E-state index is -4.19. The molecule has 0 aliphatic carbocycles. The van der Waals surface area contributed by atoms with E-state index >= 15 is 0 Å². The summed E-state index contributed by atoms with van der Waals surface area (Å²) in [6, 6.07) is -1.49. The number of aliphatic carboxylic acids is 1. The quantitative estimate of drug-likeness (QED) is 0.656. The van der Waals surface area contributed by atoms with Crippen LogP contribution in [0.4, 0.5) is 0 Å². The first-order valence-electron chi connectivity index (χ1n) is 5.68. The molecular weight excluding hydrogens is 326 g/mol. The number of ether oxygens (including phenoxy) is 1. The van der Waals surface area contributed by atoms with E-state index in [2.05, 4.69) is 9.84 Å². The monoisotopic (exact) mass is 339 g/mol. The number of nitrogens with one attached hydrogen (secondary N) is 1. The van der Waals surface area contributed by atoms with Gasteiger partial charge in [-0.25, -0.2) is 8.42 Å². The topological polar surface area (TPSA) is 128 Å². The summed E-state index contributed by atoms with van der Waals surface area (Å²) in [5, 5.41) is 12.2. The number of esters is 1.